The highest BCUT2D eigenvalue weighted by Gasteiger charge is 2.14. The molecule has 0 aliphatic rings. The van der Waals surface area contributed by atoms with Crippen molar-refractivity contribution in [3.63, 3.8) is 0 Å². The number of nitrogens with two attached hydrogens (primary N) is 1. The van der Waals surface area contributed by atoms with E-state index in [1.165, 1.54) is 4.90 Å². The van der Waals surface area contributed by atoms with Gasteiger partial charge in [0, 0.05) is 26.1 Å². The summed E-state index contributed by atoms with van der Waals surface area (Å²) in [5.41, 5.74) is 5.30. The summed E-state index contributed by atoms with van der Waals surface area (Å²) in [7, 11) is 1.66. The molecular weight excluding hydrogens is 144 g/mol. The van der Waals surface area contributed by atoms with E-state index in [9.17, 15) is 4.79 Å². The zero-order valence-corrected chi connectivity index (χ0v) is 7.08. The summed E-state index contributed by atoms with van der Waals surface area (Å²) in [5.74, 6) is -0.159. The number of aliphatic hydroxyl groups excluding tert-OH is 1. The Morgan fingerprint density at radius 1 is 1.73 bits per heavy atom. The Labute approximate surface area is 67.0 Å². The van der Waals surface area contributed by atoms with Crippen molar-refractivity contribution in [1.29, 1.82) is 0 Å². The lowest BCUT2D eigenvalue weighted by molar-refractivity contribution is -0.133. The molecule has 0 rings (SSSR count). The van der Waals surface area contributed by atoms with Gasteiger partial charge in [0.05, 0.1) is 6.61 Å². The normalized spacial score (nSPS) is 12.7. The van der Waals surface area contributed by atoms with Crippen LogP contribution >= 0.6 is 0 Å². The zero-order chi connectivity index (χ0) is 8.85. The summed E-state index contributed by atoms with van der Waals surface area (Å²) >= 11 is 0. The quantitative estimate of drug-likeness (QED) is 0.556. The smallest absolute Gasteiger partial charge is 0.226 e. The lowest BCUT2D eigenvalue weighted by Gasteiger charge is -2.18. The van der Waals surface area contributed by atoms with Crippen molar-refractivity contribution in [1.82, 2.24) is 4.90 Å². The fourth-order valence-electron chi connectivity index (χ4n) is 0.737. The molecule has 0 saturated carbocycles. The molecule has 1 amide bonds. The summed E-state index contributed by atoms with van der Waals surface area (Å²) in [5, 5.41) is 8.51. The maximum absolute atomic E-state index is 11.2. The third-order valence-corrected chi connectivity index (χ3v) is 1.59. The van der Waals surface area contributed by atoms with Gasteiger partial charge in [-0.25, -0.2) is 0 Å². The van der Waals surface area contributed by atoms with Crippen molar-refractivity contribution >= 4 is 5.91 Å². The van der Waals surface area contributed by atoms with Gasteiger partial charge in [0.15, 0.2) is 0 Å². The van der Waals surface area contributed by atoms with Gasteiger partial charge >= 0.3 is 0 Å². The van der Waals surface area contributed by atoms with Gasteiger partial charge in [-0.1, -0.05) is 6.92 Å². The minimum Gasteiger partial charge on any atom is -0.395 e. The molecule has 0 fully saturated rings. The van der Waals surface area contributed by atoms with E-state index in [4.69, 9.17) is 10.8 Å². The minimum atomic E-state index is -0.147. The Morgan fingerprint density at radius 2 is 2.27 bits per heavy atom. The van der Waals surface area contributed by atoms with Crippen LogP contribution in [0.3, 0.4) is 0 Å². The van der Waals surface area contributed by atoms with E-state index < -0.39 is 0 Å². The van der Waals surface area contributed by atoms with E-state index in [-0.39, 0.29) is 18.4 Å². The molecule has 0 radical (unpaired) electrons. The fraction of sp³-hybridized carbons (Fsp3) is 0.857. The molecule has 4 heteroatoms. The van der Waals surface area contributed by atoms with E-state index in [2.05, 4.69) is 0 Å². The predicted octanol–water partition coefficient (Wildman–Crippen LogP) is -0.968. The Hall–Kier alpha value is -0.610. The highest BCUT2D eigenvalue weighted by molar-refractivity contribution is 5.78. The first-order chi connectivity index (χ1) is 5.13. The maximum atomic E-state index is 11.2. The largest absolute Gasteiger partial charge is 0.395 e. The molecule has 0 aliphatic carbocycles. The van der Waals surface area contributed by atoms with Crippen LogP contribution in [-0.4, -0.2) is 42.7 Å². The van der Waals surface area contributed by atoms with Crippen LogP contribution in [0.15, 0.2) is 0 Å². The van der Waals surface area contributed by atoms with E-state index in [1.54, 1.807) is 14.0 Å². The minimum absolute atomic E-state index is 0.000465. The van der Waals surface area contributed by atoms with Crippen molar-refractivity contribution in [2.75, 3.05) is 26.7 Å². The lowest BCUT2D eigenvalue weighted by atomic mass is 10.1. The van der Waals surface area contributed by atoms with Crippen molar-refractivity contribution in [2.24, 2.45) is 11.7 Å². The Kier molecular flexibility index (Phi) is 4.81. The Balaban J connectivity index is 3.81. The van der Waals surface area contributed by atoms with Gasteiger partial charge in [-0.2, -0.15) is 0 Å². The first kappa shape index (κ1) is 10.4. The molecule has 3 N–H and O–H groups in total. The van der Waals surface area contributed by atoms with Gasteiger partial charge in [0.25, 0.3) is 0 Å². The average molecular weight is 160 g/mol. The second-order valence-electron chi connectivity index (χ2n) is 2.62. The van der Waals surface area contributed by atoms with Crippen LogP contribution in [0.4, 0.5) is 0 Å². The third kappa shape index (κ3) is 3.34. The van der Waals surface area contributed by atoms with Crippen LogP contribution < -0.4 is 5.73 Å². The fourth-order valence-corrected chi connectivity index (χ4v) is 0.737. The van der Waals surface area contributed by atoms with E-state index in [1.807, 2.05) is 0 Å². The van der Waals surface area contributed by atoms with Crippen LogP contribution in [-0.2, 0) is 4.79 Å². The average Bonchev–Trinajstić information content (AvgIpc) is 2.02. The summed E-state index contributed by atoms with van der Waals surface area (Å²) in [6.45, 7) is 2.51. The van der Waals surface area contributed by atoms with E-state index in [0.717, 1.165) is 0 Å². The molecule has 0 saturated heterocycles. The van der Waals surface area contributed by atoms with Gasteiger partial charge < -0.3 is 15.7 Å². The number of rotatable bonds is 4. The van der Waals surface area contributed by atoms with Gasteiger partial charge in [-0.15, -0.1) is 0 Å². The SMILES string of the molecule is CC(CN)C(=O)N(C)CCO. The standard InChI is InChI=1S/C7H16N2O2/c1-6(5-8)7(11)9(2)3-4-10/h6,10H,3-5,8H2,1-2H3. The van der Waals surface area contributed by atoms with Crippen LogP contribution in [0.5, 0.6) is 0 Å². The molecule has 1 unspecified atom stereocenters. The van der Waals surface area contributed by atoms with Crippen LogP contribution in [0.2, 0.25) is 0 Å². The van der Waals surface area contributed by atoms with Gasteiger partial charge in [-0.05, 0) is 0 Å². The van der Waals surface area contributed by atoms with Crippen molar-refractivity contribution in [3.05, 3.63) is 0 Å². The van der Waals surface area contributed by atoms with E-state index >= 15 is 0 Å². The molecule has 0 bridgehead atoms. The molecule has 66 valence electrons. The molecule has 0 aromatic rings. The predicted molar refractivity (Wildman–Crippen MR) is 42.9 cm³/mol. The number of aliphatic hydroxyl groups is 1. The maximum Gasteiger partial charge on any atom is 0.226 e. The lowest BCUT2D eigenvalue weighted by Crippen LogP contribution is -2.36. The Morgan fingerprint density at radius 3 is 2.64 bits per heavy atom. The number of amides is 1. The summed E-state index contributed by atoms with van der Waals surface area (Å²) in [6, 6.07) is 0. The molecule has 4 nitrogen and oxygen atoms in total. The first-order valence-electron chi connectivity index (χ1n) is 3.69. The van der Waals surface area contributed by atoms with Gasteiger partial charge in [0.2, 0.25) is 5.91 Å². The summed E-state index contributed by atoms with van der Waals surface area (Å²) in [4.78, 5) is 12.7. The molecular formula is C7H16N2O2. The first-order valence-corrected chi connectivity index (χ1v) is 3.69. The van der Waals surface area contributed by atoms with Crippen molar-refractivity contribution < 1.29 is 9.90 Å². The molecule has 11 heavy (non-hydrogen) atoms. The highest BCUT2D eigenvalue weighted by Crippen LogP contribution is 1.97. The molecule has 0 heterocycles. The number of hydrogen-bond acceptors (Lipinski definition) is 3. The van der Waals surface area contributed by atoms with Gasteiger partial charge in [-0.3, -0.25) is 4.79 Å². The summed E-state index contributed by atoms with van der Waals surface area (Å²) < 4.78 is 0. The molecule has 0 aromatic heterocycles. The van der Waals surface area contributed by atoms with Crippen LogP contribution in [0, 0.1) is 5.92 Å². The van der Waals surface area contributed by atoms with Gasteiger partial charge in [0.1, 0.15) is 0 Å². The van der Waals surface area contributed by atoms with Crippen molar-refractivity contribution in [2.45, 2.75) is 6.92 Å². The topological polar surface area (TPSA) is 66.6 Å². The number of likely N-dealkylation sites (N-methyl/N-ethyl adjacent to an activating group) is 1. The number of nitrogens with zero attached hydrogens (tertiary/aromatic N) is 1. The monoisotopic (exact) mass is 160 g/mol. The van der Waals surface area contributed by atoms with Crippen molar-refractivity contribution in [3.8, 4) is 0 Å². The number of carbonyl (C=O) groups is 1. The summed E-state index contributed by atoms with van der Waals surface area (Å²) in [6.07, 6.45) is 0. The second-order valence-corrected chi connectivity index (χ2v) is 2.62. The second kappa shape index (κ2) is 5.09. The zero-order valence-electron chi connectivity index (χ0n) is 7.08. The highest BCUT2D eigenvalue weighted by atomic mass is 16.3. The number of carbonyl (C=O) groups excluding carboxylic acids is 1. The molecule has 0 aliphatic heterocycles. The Bertz CT molecular complexity index is 128. The van der Waals surface area contributed by atoms with E-state index in [0.29, 0.717) is 13.1 Å². The molecule has 1 atom stereocenters. The molecule has 0 aromatic carbocycles. The van der Waals surface area contributed by atoms with Crippen LogP contribution in [0.25, 0.3) is 0 Å². The van der Waals surface area contributed by atoms with Crippen LogP contribution in [0.1, 0.15) is 6.92 Å². The molecule has 0 spiro atoms. The third-order valence-electron chi connectivity index (χ3n) is 1.59. The number of hydrogen-bond donors (Lipinski definition) is 2.